The number of carboxylic acids is 1. The number of aromatic nitrogens is 1. The maximum Gasteiger partial charge on any atom is 0.313 e. The molecule has 0 aromatic carbocycles. The molecule has 0 aliphatic rings. The van der Waals surface area contributed by atoms with Crippen LogP contribution in [0.25, 0.3) is 0 Å². The number of aliphatic carboxylic acids is 1. The molecule has 0 bridgehead atoms. The van der Waals surface area contributed by atoms with Crippen molar-refractivity contribution < 1.29 is 14.7 Å². The number of thioether (sulfide) groups is 1. The van der Waals surface area contributed by atoms with Gasteiger partial charge in [-0.25, -0.2) is 4.98 Å². The van der Waals surface area contributed by atoms with Crippen molar-refractivity contribution in [2.45, 2.75) is 19.9 Å². The lowest BCUT2D eigenvalue weighted by atomic mass is 10.4. The number of nitrogens with one attached hydrogen (secondary N) is 1. The highest BCUT2D eigenvalue weighted by atomic mass is 32.2. The van der Waals surface area contributed by atoms with Gasteiger partial charge in [0.25, 0.3) is 0 Å². The molecule has 1 aromatic rings. The fraction of sp³-hybridized carbons (Fsp3) is 0.500. The number of carboxylic acid groups (broad SMARTS) is 1. The molecule has 17 heavy (non-hydrogen) atoms. The zero-order valence-corrected chi connectivity index (χ0v) is 11.1. The molecule has 0 saturated heterocycles. The number of rotatable bonds is 7. The Hall–Kier alpha value is -1.08. The number of thiazole rings is 1. The van der Waals surface area contributed by atoms with E-state index < -0.39 is 5.97 Å². The van der Waals surface area contributed by atoms with Crippen LogP contribution in [0, 0.1) is 0 Å². The average molecular weight is 274 g/mol. The summed E-state index contributed by atoms with van der Waals surface area (Å²) in [6, 6.07) is 0. The highest BCUT2D eigenvalue weighted by Gasteiger charge is 2.05. The Kier molecular flexibility index (Phi) is 5.99. The molecular formula is C10H14N2O3S2. The molecule has 0 radical (unpaired) electrons. The molecule has 94 valence electrons. The topological polar surface area (TPSA) is 79.3 Å². The van der Waals surface area contributed by atoms with E-state index in [9.17, 15) is 9.59 Å². The first-order valence-electron chi connectivity index (χ1n) is 5.11. The van der Waals surface area contributed by atoms with E-state index in [2.05, 4.69) is 17.2 Å². The normalized spacial score (nSPS) is 10.2. The molecule has 0 atom stereocenters. The Morgan fingerprint density at radius 2 is 2.29 bits per heavy atom. The molecule has 1 rings (SSSR count). The van der Waals surface area contributed by atoms with Gasteiger partial charge in [0.05, 0.1) is 18.1 Å². The molecule has 1 heterocycles. The van der Waals surface area contributed by atoms with Crippen molar-refractivity contribution >= 4 is 35.0 Å². The molecule has 0 aliphatic carbocycles. The van der Waals surface area contributed by atoms with Gasteiger partial charge in [-0.05, 0) is 6.42 Å². The predicted molar refractivity (Wildman–Crippen MR) is 68.3 cm³/mol. The number of carbonyl (C=O) groups excluding carboxylic acids is 1. The first-order valence-corrected chi connectivity index (χ1v) is 7.08. The highest BCUT2D eigenvalue weighted by molar-refractivity contribution is 8.00. The second-order valence-electron chi connectivity index (χ2n) is 3.24. The molecule has 0 unspecified atom stereocenters. The Bertz CT molecular complexity index is 393. The van der Waals surface area contributed by atoms with Crippen molar-refractivity contribution in [3.8, 4) is 0 Å². The molecular weight excluding hydrogens is 260 g/mol. The van der Waals surface area contributed by atoms with Gasteiger partial charge in [-0.1, -0.05) is 6.92 Å². The molecule has 7 heteroatoms. The maximum atomic E-state index is 11.3. The van der Waals surface area contributed by atoms with Crippen molar-refractivity contribution in [1.29, 1.82) is 0 Å². The number of amides is 1. The third-order valence-corrected chi connectivity index (χ3v) is 3.90. The Morgan fingerprint density at radius 1 is 1.53 bits per heavy atom. The summed E-state index contributed by atoms with van der Waals surface area (Å²) >= 11 is 2.66. The lowest BCUT2D eigenvalue weighted by Gasteiger charge is -2.01. The van der Waals surface area contributed by atoms with Crippen LogP contribution in [-0.4, -0.2) is 33.5 Å². The monoisotopic (exact) mass is 274 g/mol. The molecule has 0 aliphatic heterocycles. The number of hydrogen-bond donors (Lipinski definition) is 2. The predicted octanol–water partition coefficient (Wildman–Crippen LogP) is 1.14. The minimum absolute atomic E-state index is 0.0509. The fourth-order valence-corrected chi connectivity index (χ4v) is 2.42. The van der Waals surface area contributed by atoms with Gasteiger partial charge in [0.2, 0.25) is 5.91 Å². The Morgan fingerprint density at radius 3 is 2.88 bits per heavy atom. The van der Waals surface area contributed by atoms with Crippen LogP contribution in [0.2, 0.25) is 0 Å². The molecule has 0 spiro atoms. The molecule has 0 saturated carbocycles. The average Bonchev–Trinajstić information content (AvgIpc) is 2.73. The molecule has 0 fully saturated rings. The number of hydrogen-bond acceptors (Lipinski definition) is 5. The van der Waals surface area contributed by atoms with Crippen LogP contribution in [0.5, 0.6) is 0 Å². The Balaban J connectivity index is 2.21. The summed E-state index contributed by atoms with van der Waals surface area (Å²) in [4.78, 5) is 26.9. The van der Waals surface area contributed by atoms with Gasteiger partial charge in [-0.15, -0.1) is 23.1 Å². The molecule has 1 amide bonds. The van der Waals surface area contributed by atoms with Gasteiger partial charge in [0, 0.05) is 11.1 Å². The summed E-state index contributed by atoms with van der Waals surface area (Å²) in [6.45, 7) is 2.47. The van der Waals surface area contributed by atoms with Crippen LogP contribution in [0.1, 0.15) is 16.8 Å². The minimum Gasteiger partial charge on any atom is -0.481 e. The van der Waals surface area contributed by atoms with E-state index in [1.54, 1.807) is 11.3 Å². The molecule has 5 nitrogen and oxygen atoms in total. The smallest absolute Gasteiger partial charge is 0.313 e. The second-order valence-corrected chi connectivity index (χ2v) is 5.42. The van der Waals surface area contributed by atoms with Gasteiger partial charge < -0.3 is 10.4 Å². The first-order chi connectivity index (χ1) is 8.11. The van der Waals surface area contributed by atoms with E-state index >= 15 is 0 Å². The van der Waals surface area contributed by atoms with E-state index in [1.807, 2.05) is 6.20 Å². The summed E-state index contributed by atoms with van der Waals surface area (Å²) in [5.41, 5.74) is 0. The van der Waals surface area contributed by atoms with Crippen molar-refractivity contribution in [2.75, 3.05) is 11.5 Å². The summed E-state index contributed by atoms with van der Waals surface area (Å²) in [7, 11) is 0. The summed E-state index contributed by atoms with van der Waals surface area (Å²) in [6.07, 6.45) is 2.76. The number of aryl methyl sites for hydroxylation is 1. The lowest BCUT2D eigenvalue weighted by molar-refractivity contribution is -0.133. The van der Waals surface area contributed by atoms with Gasteiger partial charge in [-0.3, -0.25) is 9.59 Å². The van der Waals surface area contributed by atoms with Crippen molar-refractivity contribution in [3.05, 3.63) is 16.1 Å². The third-order valence-electron chi connectivity index (χ3n) is 1.85. The maximum absolute atomic E-state index is 11.3. The van der Waals surface area contributed by atoms with Crippen LogP contribution >= 0.6 is 23.1 Å². The highest BCUT2D eigenvalue weighted by Crippen LogP contribution is 2.12. The minimum atomic E-state index is -0.907. The van der Waals surface area contributed by atoms with Crippen molar-refractivity contribution in [3.63, 3.8) is 0 Å². The van der Waals surface area contributed by atoms with Gasteiger partial charge in [0.15, 0.2) is 0 Å². The fourth-order valence-electron chi connectivity index (χ4n) is 1.05. The standard InChI is InChI=1S/C10H14N2O3S2/c1-2-7-3-12-9(17-7)4-11-8(13)5-16-6-10(14)15/h3H,2,4-6H2,1H3,(H,11,13)(H,14,15). The summed E-state index contributed by atoms with van der Waals surface area (Å²) in [5, 5.41) is 12.0. The van der Waals surface area contributed by atoms with Gasteiger partial charge in [-0.2, -0.15) is 0 Å². The summed E-state index contributed by atoms with van der Waals surface area (Å²) in [5.74, 6) is -0.956. The number of nitrogens with zero attached hydrogens (tertiary/aromatic N) is 1. The van der Waals surface area contributed by atoms with Crippen LogP contribution in [0.3, 0.4) is 0 Å². The van der Waals surface area contributed by atoms with Crippen molar-refractivity contribution in [1.82, 2.24) is 10.3 Å². The van der Waals surface area contributed by atoms with E-state index in [1.165, 1.54) is 4.88 Å². The van der Waals surface area contributed by atoms with Crippen LogP contribution in [-0.2, 0) is 22.6 Å². The van der Waals surface area contributed by atoms with E-state index in [4.69, 9.17) is 5.11 Å². The largest absolute Gasteiger partial charge is 0.481 e. The van der Waals surface area contributed by atoms with Gasteiger partial charge >= 0.3 is 5.97 Å². The van der Waals surface area contributed by atoms with E-state index in [0.29, 0.717) is 6.54 Å². The third kappa shape index (κ3) is 5.69. The van der Waals surface area contributed by atoms with Crippen LogP contribution in [0.15, 0.2) is 6.20 Å². The van der Waals surface area contributed by atoms with Crippen LogP contribution in [0.4, 0.5) is 0 Å². The SMILES string of the molecule is CCc1cnc(CNC(=O)CSCC(=O)O)s1. The van der Waals surface area contributed by atoms with Crippen LogP contribution < -0.4 is 5.32 Å². The number of carbonyl (C=O) groups is 2. The van der Waals surface area contributed by atoms with Gasteiger partial charge in [0.1, 0.15) is 5.01 Å². The second kappa shape index (κ2) is 7.29. The quantitative estimate of drug-likeness (QED) is 0.779. The zero-order valence-electron chi connectivity index (χ0n) is 9.43. The molecule has 1 aromatic heterocycles. The molecule has 2 N–H and O–H groups in total. The summed E-state index contributed by atoms with van der Waals surface area (Å²) < 4.78 is 0. The first kappa shape index (κ1) is 14.0. The van der Waals surface area contributed by atoms with E-state index in [0.717, 1.165) is 23.2 Å². The Labute approximate surface area is 108 Å². The lowest BCUT2D eigenvalue weighted by Crippen LogP contribution is -2.25. The van der Waals surface area contributed by atoms with Crippen molar-refractivity contribution in [2.24, 2.45) is 0 Å². The zero-order chi connectivity index (χ0) is 12.7. The van der Waals surface area contributed by atoms with E-state index in [-0.39, 0.29) is 17.4 Å².